The number of fused-ring (bicyclic) bond motifs is 2. The van der Waals surface area contributed by atoms with Gasteiger partial charge in [0.1, 0.15) is 11.8 Å². The lowest BCUT2D eigenvalue weighted by Gasteiger charge is -2.35. The molecule has 39 heavy (non-hydrogen) atoms. The van der Waals surface area contributed by atoms with Crippen LogP contribution in [0.2, 0.25) is 0 Å². The second-order valence-electron chi connectivity index (χ2n) is 10.9. The monoisotopic (exact) mass is 528 g/mol. The van der Waals surface area contributed by atoms with E-state index in [1.807, 2.05) is 6.07 Å². The van der Waals surface area contributed by atoms with Crippen molar-refractivity contribution >= 4 is 40.3 Å². The number of piperidine rings is 1. The number of anilines is 1. The summed E-state index contributed by atoms with van der Waals surface area (Å²) in [6.07, 6.45) is 6.25. The molecule has 4 aliphatic rings. The Morgan fingerprint density at radius 2 is 1.85 bits per heavy atom. The molecule has 1 unspecified atom stereocenters. The summed E-state index contributed by atoms with van der Waals surface area (Å²) in [7, 11) is 1.65. The first-order valence-corrected chi connectivity index (χ1v) is 13.4. The molecule has 0 radical (unpaired) electrons. The van der Waals surface area contributed by atoms with Crippen molar-refractivity contribution in [3.63, 3.8) is 0 Å². The fourth-order valence-corrected chi connectivity index (χ4v) is 5.96. The molecule has 2 aliphatic heterocycles. The molecule has 0 spiro atoms. The number of pyridine rings is 1. The minimum absolute atomic E-state index is 0.0967. The maximum absolute atomic E-state index is 13.1. The van der Waals surface area contributed by atoms with E-state index in [1.165, 1.54) is 12.8 Å². The predicted molar refractivity (Wildman–Crippen MR) is 139 cm³/mol. The maximum Gasteiger partial charge on any atom is 0.262 e. The zero-order chi connectivity index (χ0) is 26.8. The lowest BCUT2D eigenvalue weighted by molar-refractivity contribution is -0.136. The van der Waals surface area contributed by atoms with Gasteiger partial charge in [-0.25, -0.2) is 9.67 Å². The third kappa shape index (κ3) is 3.95. The molecule has 2 saturated carbocycles. The summed E-state index contributed by atoms with van der Waals surface area (Å²) in [5, 5.41) is 11.7. The van der Waals surface area contributed by atoms with E-state index >= 15 is 0 Å². The predicted octanol–water partition coefficient (Wildman–Crippen LogP) is 2.78. The summed E-state index contributed by atoms with van der Waals surface area (Å²) in [4.78, 5) is 55.4. The van der Waals surface area contributed by atoms with E-state index in [2.05, 4.69) is 20.3 Å². The second kappa shape index (κ2) is 8.89. The van der Waals surface area contributed by atoms with Gasteiger partial charge in [0, 0.05) is 30.0 Å². The van der Waals surface area contributed by atoms with Gasteiger partial charge in [-0.2, -0.15) is 5.10 Å². The standard InChI is InChI=1S/C28H28N6O5/c1-39-18-11-21-24(15-2-3-15)32-34(25(21)30-13-18)17-8-14(9-17)12-29-16-4-5-19-20(10-16)28(38)33(27(19)37)22-6-7-23(35)31-26(22)36/h4-5,10-11,13-15,17,22,29H,2-3,6-9,12H2,1H3,(H,31,35,36). The SMILES string of the molecule is COc1cnc2c(c1)c(C1CC1)nn2C1CC(CNc2ccc3c(c2)C(=O)N(C2CCC(=O)NC2=O)C3=O)C1. The van der Waals surface area contributed by atoms with Crippen LogP contribution in [-0.4, -0.2) is 63.0 Å². The van der Waals surface area contributed by atoms with E-state index in [9.17, 15) is 19.2 Å². The Balaban J connectivity index is 1.01. The highest BCUT2D eigenvalue weighted by Gasteiger charge is 2.44. The third-order valence-corrected chi connectivity index (χ3v) is 8.34. The molecule has 11 nitrogen and oxygen atoms in total. The Kier molecular flexibility index (Phi) is 5.43. The fourth-order valence-electron chi connectivity index (χ4n) is 5.96. The van der Waals surface area contributed by atoms with E-state index in [1.54, 1.807) is 31.5 Å². The van der Waals surface area contributed by atoms with Gasteiger partial charge < -0.3 is 10.1 Å². The number of amides is 4. The zero-order valence-corrected chi connectivity index (χ0v) is 21.5. The Morgan fingerprint density at radius 3 is 2.59 bits per heavy atom. The number of carbonyl (C=O) groups is 4. The maximum atomic E-state index is 13.1. The molecule has 1 saturated heterocycles. The quantitative estimate of drug-likeness (QED) is 0.447. The first-order valence-electron chi connectivity index (χ1n) is 13.4. The molecule has 4 amide bonds. The van der Waals surface area contributed by atoms with Crippen LogP contribution in [0.1, 0.15) is 76.9 Å². The van der Waals surface area contributed by atoms with Crippen molar-refractivity contribution in [2.24, 2.45) is 5.92 Å². The van der Waals surface area contributed by atoms with E-state index in [-0.39, 0.29) is 30.0 Å². The van der Waals surface area contributed by atoms with Crippen molar-refractivity contribution in [1.29, 1.82) is 0 Å². The molecule has 3 fully saturated rings. The Labute approximate surface area is 223 Å². The summed E-state index contributed by atoms with van der Waals surface area (Å²) in [5.41, 5.74) is 3.34. The molecule has 2 aliphatic carbocycles. The highest BCUT2D eigenvalue weighted by Crippen LogP contribution is 2.45. The van der Waals surface area contributed by atoms with Gasteiger partial charge in [0.05, 0.1) is 36.2 Å². The number of carbonyl (C=O) groups excluding carboxylic acids is 4. The van der Waals surface area contributed by atoms with Crippen LogP contribution in [0, 0.1) is 5.92 Å². The Morgan fingerprint density at radius 1 is 1.05 bits per heavy atom. The first-order chi connectivity index (χ1) is 18.9. The van der Waals surface area contributed by atoms with Crippen LogP contribution in [-0.2, 0) is 9.59 Å². The van der Waals surface area contributed by atoms with E-state index in [0.29, 0.717) is 11.8 Å². The highest BCUT2D eigenvalue weighted by molar-refractivity contribution is 6.23. The minimum atomic E-state index is -0.965. The van der Waals surface area contributed by atoms with Crippen molar-refractivity contribution in [2.75, 3.05) is 19.0 Å². The molecule has 2 N–H and O–H groups in total. The van der Waals surface area contributed by atoms with Crippen molar-refractivity contribution < 1.29 is 23.9 Å². The summed E-state index contributed by atoms with van der Waals surface area (Å²) < 4.78 is 7.47. The van der Waals surface area contributed by atoms with Gasteiger partial charge >= 0.3 is 0 Å². The smallest absolute Gasteiger partial charge is 0.262 e. The van der Waals surface area contributed by atoms with Crippen LogP contribution in [0.3, 0.4) is 0 Å². The fraction of sp³-hybridized carbons (Fsp3) is 0.429. The summed E-state index contributed by atoms with van der Waals surface area (Å²) >= 11 is 0. The molecule has 1 atom stereocenters. The van der Waals surface area contributed by atoms with Crippen molar-refractivity contribution in [1.82, 2.24) is 25.0 Å². The summed E-state index contributed by atoms with van der Waals surface area (Å²) in [5.74, 6) is -0.308. The third-order valence-electron chi connectivity index (χ3n) is 8.34. The molecule has 4 heterocycles. The van der Waals surface area contributed by atoms with Gasteiger partial charge in [0.2, 0.25) is 11.8 Å². The van der Waals surface area contributed by atoms with Gasteiger partial charge in [0.25, 0.3) is 11.8 Å². The number of rotatable bonds is 7. The number of imide groups is 2. The van der Waals surface area contributed by atoms with Crippen LogP contribution in [0.5, 0.6) is 5.75 Å². The average molecular weight is 529 g/mol. The van der Waals surface area contributed by atoms with Gasteiger partial charge in [0.15, 0.2) is 5.65 Å². The molecule has 2 aromatic heterocycles. The number of methoxy groups -OCH3 is 1. The van der Waals surface area contributed by atoms with Gasteiger partial charge in [-0.15, -0.1) is 0 Å². The van der Waals surface area contributed by atoms with E-state index in [4.69, 9.17) is 9.84 Å². The number of hydrogen-bond donors (Lipinski definition) is 2. The number of nitrogens with zero attached hydrogens (tertiary/aromatic N) is 4. The normalized spacial score (nSPS) is 24.5. The largest absolute Gasteiger partial charge is 0.495 e. The van der Waals surface area contributed by atoms with Gasteiger partial charge in [-0.1, -0.05) is 0 Å². The van der Waals surface area contributed by atoms with E-state index < -0.39 is 29.7 Å². The summed E-state index contributed by atoms with van der Waals surface area (Å²) in [6, 6.07) is 6.45. The first kappa shape index (κ1) is 23.8. The Hall–Kier alpha value is -4.28. The molecule has 1 aromatic carbocycles. The van der Waals surface area contributed by atoms with E-state index in [0.717, 1.165) is 52.5 Å². The van der Waals surface area contributed by atoms with Crippen molar-refractivity contribution in [2.45, 2.75) is 56.5 Å². The summed E-state index contributed by atoms with van der Waals surface area (Å²) in [6.45, 7) is 0.726. The topological polar surface area (TPSA) is 136 Å². The van der Waals surface area contributed by atoms with Crippen molar-refractivity contribution in [3.05, 3.63) is 47.3 Å². The van der Waals surface area contributed by atoms with Gasteiger partial charge in [-0.05, 0) is 62.3 Å². The number of benzene rings is 1. The Bertz CT molecular complexity index is 1550. The molecular formula is C28H28N6O5. The van der Waals surface area contributed by atoms with Crippen LogP contribution in [0.15, 0.2) is 30.5 Å². The highest BCUT2D eigenvalue weighted by atomic mass is 16.5. The molecule has 0 bridgehead atoms. The number of aromatic nitrogens is 3. The van der Waals surface area contributed by atoms with Crippen LogP contribution < -0.4 is 15.4 Å². The molecule has 3 aromatic rings. The zero-order valence-electron chi connectivity index (χ0n) is 21.5. The molecular weight excluding hydrogens is 500 g/mol. The van der Waals surface area contributed by atoms with Crippen LogP contribution >= 0.6 is 0 Å². The minimum Gasteiger partial charge on any atom is -0.495 e. The molecule has 200 valence electrons. The lowest BCUT2D eigenvalue weighted by atomic mass is 9.80. The van der Waals surface area contributed by atoms with Gasteiger partial charge in [-0.3, -0.25) is 29.4 Å². The van der Waals surface area contributed by atoms with Crippen molar-refractivity contribution in [3.8, 4) is 5.75 Å². The molecule has 11 heteroatoms. The average Bonchev–Trinajstić information content (AvgIpc) is 3.64. The molecule has 7 rings (SSSR count). The van der Waals surface area contributed by atoms with Crippen LogP contribution in [0.4, 0.5) is 5.69 Å². The van der Waals surface area contributed by atoms with Crippen LogP contribution in [0.25, 0.3) is 11.0 Å². The lowest BCUT2D eigenvalue weighted by Crippen LogP contribution is -2.54. The number of nitrogens with one attached hydrogen (secondary N) is 2. The second-order valence-corrected chi connectivity index (χ2v) is 10.9. The number of ether oxygens (including phenoxy) is 1. The number of hydrogen-bond acceptors (Lipinski definition) is 8.